The number of nitrogen functional groups attached to an aromatic ring is 1. The van der Waals surface area contributed by atoms with E-state index in [9.17, 15) is 9.59 Å². The summed E-state index contributed by atoms with van der Waals surface area (Å²) in [5.41, 5.74) is 7.00. The highest BCUT2D eigenvalue weighted by Gasteiger charge is 2.16. The Morgan fingerprint density at radius 1 is 1.41 bits per heavy atom. The lowest BCUT2D eigenvalue weighted by molar-refractivity contribution is -0.136. The number of nitrogens with two attached hydrogens (primary N) is 1. The first-order valence-corrected chi connectivity index (χ1v) is 7.27. The van der Waals surface area contributed by atoms with Crippen LogP contribution in [0.5, 0.6) is 0 Å². The Bertz CT molecular complexity index is 942. The number of hydrogen-bond acceptors (Lipinski definition) is 6. The van der Waals surface area contributed by atoms with E-state index in [2.05, 4.69) is 4.98 Å². The number of nitrogens with zero attached hydrogens (tertiary/aromatic N) is 1. The number of carboxylic acid groups (broad SMARTS) is 1. The van der Waals surface area contributed by atoms with E-state index in [-0.39, 0.29) is 6.42 Å². The van der Waals surface area contributed by atoms with E-state index in [0.29, 0.717) is 32.4 Å². The summed E-state index contributed by atoms with van der Waals surface area (Å²) in [6.45, 7) is 1.72. The van der Waals surface area contributed by atoms with Gasteiger partial charge in [0.15, 0.2) is 0 Å². The average molecular weight is 316 g/mol. The number of benzene rings is 1. The quantitative estimate of drug-likeness (QED) is 0.568. The van der Waals surface area contributed by atoms with Crippen LogP contribution in [0.2, 0.25) is 0 Å². The number of aryl methyl sites for hydroxylation is 1. The van der Waals surface area contributed by atoms with Crippen LogP contribution in [-0.4, -0.2) is 16.1 Å². The highest BCUT2D eigenvalue weighted by atomic mass is 32.1. The summed E-state index contributed by atoms with van der Waals surface area (Å²) in [4.78, 5) is 27.9. The van der Waals surface area contributed by atoms with Crippen LogP contribution < -0.4 is 11.4 Å². The van der Waals surface area contributed by atoms with Gasteiger partial charge in [0.2, 0.25) is 0 Å². The van der Waals surface area contributed by atoms with Crippen LogP contribution in [0.15, 0.2) is 33.5 Å². The SMILES string of the molecule is Cc1nc(-c2cc3ccc(N)cc3oc2=O)sc1CC(=O)O. The predicted molar refractivity (Wildman–Crippen MR) is 84.1 cm³/mol. The second-order valence-electron chi connectivity index (χ2n) is 4.84. The third kappa shape index (κ3) is 2.58. The van der Waals surface area contributed by atoms with Gasteiger partial charge >= 0.3 is 11.6 Å². The molecule has 0 spiro atoms. The van der Waals surface area contributed by atoms with Gasteiger partial charge in [0.1, 0.15) is 10.6 Å². The van der Waals surface area contributed by atoms with Crippen LogP contribution in [0, 0.1) is 6.92 Å². The summed E-state index contributed by atoms with van der Waals surface area (Å²) < 4.78 is 5.27. The zero-order chi connectivity index (χ0) is 15.9. The van der Waals surface area contributed by atoms with Gasteiger partial charge in [-0.2, -0.15) is 0 Å². The Hall–Kier alpha value is -2.67. The molecule has 6 nitrogen and oxygen atoms in total. The highest BCUT2D eigenvalue weighted by Crippen LogP contribution is 2.28. The Labute approximate surface area is 128 Å². The molecule has 0 atom stereocenters. The molecule has 3 aromatic rings. The van der Waals surface area contributed by atoms with Gasteiger partial charge in [0.05, 0.1) is 17.7 Å². The normalized spacial score (nSPS) is 11.0. The van der Waals surface area contributed by atoms with Crippen molar-refractivity contribution in [2.24, 2.45) is 0 Å². The van der Waals surface area contributed by atoms with E-state index in [1.807, 2.05) is 0 Å². The number of aliphatic carboxylic acids is 1. The van der Waals surface area contributed by atoms with Crippen molar-refractivity contribution in [1.29, 1.82) is 0 Å². The van der Waals surface area contributed by atoms with Crippen LogP contribution in [-0.2, 0) is 11.2 Å². The molecule has 0 aliphatic carbocycles. The Morgan fingerprint density at radius 2 is 2.18 bits per heavy atom. The van der Waals surface area contributed by atoms with Gasteiger partial charge in [-0.05, 0) is 25.1 Å². The van der Waals surface area contributed by atoms with Crippen LogP contribution in [0.1, 0.15) is 10.6 Å². The summed E-state index contributed by atoms with van der Waals surface area (Å²) >= 11 is 1.19. The summed E-state index contributed by atoms with van der Waals surface area (Å²) in [5.74, 6) is -0.931. The minimum atomic E-state index is -0.931. The molecule has 0 aliphatic heterocycles. The second kappa shape index (κ2) is 5.27. The molecule has 0 aliphatic rings. The molecule has 0 amide bonds. The number of aromatic nitrogens is 1. The van der Waals surface area contributed by atoms with Gasteiger partial charge in [0, 0.05) is 22.0 Å². The molecule has 7 heteroatoms. The monoisotopic (exact) mass is 316 g/mol. The fraction of sp³-hybridized carbons (Fsp3) is 0.133. The number of carboxylic acids is 1. The number of hydrogen-bond donors (Lipinski definition) is 2. The summed E-state index contributed by atoms with van der Waals surface area (Å²) in [6, 6.07) is 6.75. The maximum absolute atomic E-state index is 12.1. The van der Waals surface area contributed by atoms with Gasteiger partial charge in [-0.25, -0.2) is 9.78 Å². The van der Waals surface area contributed by atoms with Crippen LogP contribution in [0.3, 0.4) is 0 Å². The van der Waals surface area contributed by atoms with Gasteiger partial charge in [-0.15, -0.1) is 11.3 Å². The fourth-order valence-corrected chi connectivity index (χ4v) is 3.18. The first-order chi connectivity index (χ1) is 10.4. The molecule has 0 bridgehead atoms. The molecular formula is C15H12N2O4S. The molecule has 0 radical (unpaired) electrons. The average Bonchev–Trinajstić information content (AvgIpc) is 2.78. The minimum absolute atomic E-state index is 0.112. The van der Waals surface area contributed by atoms with Crippen LogP contribution in [0.25, 0.3) is 21.5 Å². The number of anilines is 1. The Morgan fingerprint density at radius 3 is 2.91 bits per heavy atom. The van der Waals surface area contributed by atoms with Crippen molar-refractivity contribution >= 4 is 34.0 Å². The third-order valence-corrected chi connectivity index (χ3v) is 4.39. The van der Waals surface area contributed by atoms with E-state index in [0.717, 1.165) is 5.39 Å². The van der Waals surface area contributed by atoms with Gasteiger partial charge in [0.25, 0.3) is 0 Å². The smallest absolute Gasteiger partial charge is 0.346 e. The second-order valence-corrected chi connectivity index (χ2v) is 5.93. The highest BCUT2D eigenvalue weighted by molar-refractivity contribution is 7.15. The lowest BCUT2D eigenvalue weighted by Crippen LogP contribution is -2.02. The molecule has 3 rings (SSSR count). The van der Waals surface area contributed by atoms with E-state index in [4.69, 9.17) is 15.3 Å². The molecule has 0 saturated heterocycles. The molecule has 0 fully saturated rings. The number of carbonyl (C=O) groups is 1. The first kappa shape index (κ1) is 14.3. The van der Waals surface area contributed by atoms with Crippen molar-refractivity contribution in [3.05, 3.63) is 45.3 Å². The van der Waals surface area contributed by atoms with Crippen molar-refractivity contribution in [2.45, 2.75) is 13.3 Å². The van der Waals surface area contributed by atoms with Crippen molar-refractivity contribution in [3.63, 3.8) is 0 Å². The molecule has 2 aromatic heterocycles. The molecular weight excluding hydrogens is 304 g/mol. The molecule has 112 valence electrons. The summed E-state index contributed by atoms with van der Waals surface area (Å²) in [7, 11) is 0. The van der Waals surface area contributed by atoms with Crippen molar-refractivity contribution < 1.29 is 14.3 Å². The maximum Gasteiger partial charge on any atom is 0.346 e. The lowest BCUT2D eigenvalue weighted by Gasteiger charge is -2.00. The van der Waals surface area contributed by atoms with Crippen LogP contribution >= 0.6 is 11.3 Å². The lowest BCUT2D eigenvalue weighted by atomic mass is 10.2. The fourth-order valence-electron chi connectivity index (χ4n) is 2.12. The van der Waals surface area contributed by atoms with E-state index >= 15 is 0 Å². The molecule has 0 saturated carbocycles. The zero-order valence-electron chi connectivity index (χ0n) is 11.6. The largest absolute Gasteiger partial charge is 0.481 e. The van der Waals surface area contributed by atoms with Gasteiger partial charge in [-0.1, -0.05) is 0 Å². The Balaban J connectivity index is 2.14. The van der Waals surface area contributed by atoms with E-state index in [1.165, 1.54) is 11.3 Å². The topological polar surface area (TPSA) is 106 Å². The third-order valence-electron chi connectivity index (χ3n) is 3.19. The molecule has 3 N–H and O–H groups in total. The van der Waals surface area contributed by atoms with Crippen LogP contribution in [0.4, 0.5) is 5.69 Å². The number of thiazole rings is 1. The van der Waals surface area contributed by atoms with E-state index < -0.39 is 11.6 Å². The van der Waals surface area contributed by atoms with Crippen molar-refractivity contribution in [1.82, 2.24) is 4.98 Å². The minimum Gasteiger partial charge on any atom is -0.481 e. The predicted octanol–water partition coefficient (Wildman–Crippen LogP) is 2.43. The molecule has 1 aromatic carbocycles. The standard InChI is InChI=1S/C15H12N2O4S/c1-7-12(6-13(18)19)22-14(17-7)10-4-8-2-3-9(16)5-11(8)21-15(10)20/h2-5H,6,16H2,1H3,(H,18,19). The summed E-state index contributed by atoms with van der Waals surface area (Å²) in [5, 5.41) is 10.1. The van der Waals surface area contributed by atoms with Crippen molar-refractivity contribution in [2.75, 3.05) is 5.73 Å². The Kier molecular flexibility index (Phi) is 3.42. The number of fused-ring (bicyclic) bond motifs is 1. The molecule has 0 unspecified atom stereocenters. The maximum atomic E-state index is 12.1. The van der Waals surface area contributed by atoms with E-state index in [1.54, 1.807) is 31.2 Å². The van der Waals surface area contributed by atoms with Crippen molar-refractivity contribution in [3.8, 4) is 10.6 Å². The van der Waals surface area contributed by atoms with Gasteiger partial charge in [-0.3, -0.25) is 4.79 Å². The first-order valence-electron chi connectivity index (χ1n) is 6.46. The number of rotatable bonds is 3. The zero-order valence-corrected chi connectivity index (χ0v) is 12.4. The summed E-state index contributed by atoms with van der Waals surface area (Å²) in [6.07, 6.45) is -0.112. The molecule has 2 heterocycles. The van der Waals surface area contributed by atoms with Gasteiger partial charge < -0.3 is 15.3 Å². The molecule has 22 heavy (non-hydrogen) atoms.